The van der Waals surface area contributed by atoms with E-state index in [1.165, 1.54) is 11.1 Å². The Morgan fingerprint density at radius 3 is 2.67 bits per heavy atom. The van der Waals surface area contributed by atoms with Gasteiger partial charge in [0.05, 0.1) is 11.4 Å². The SMILES string of the molecule is Nc1ccc2c(c1N)C2. The summed E-state index contributed by atoms with van der Waals surface area (Å²) >= 11 is 0. The minimum absolute atomic E-state index is 0.714. The molecule has 9 heavy (non-hydrogen) atoms. The van der Waals surface area contributed by atoms with Gasteiger partial charge in [0.1, 0.15) is 0 Å². The largest absolute Gasteiger partial charge is 0.397 e. The van der Waals surface area contributed by atoms with Crippen molar-refractivity contribution in [2.24, 2.45) is 0 Å². The zero-order valence-corrected chi connectivity index (χ0v) is 5.02. The van der Waals surface area contributed by atoms with Gasteiger partial charge in [0.15, 0.2) is 0 Å². The number of benzene rings is 1. The quantitative estimate of drug-likeness (QED) is 0.504. The molecular formula is C7H8N2. The summed E-state index contributed by atoms with van der Waals surface area (Å²) < 4.78 is 0. The second-order valence-electron chi connectivity index (χ2n) is 2.38. The van der Waals surface area contributed by atoms with E-state index in [-0.39, 0.29) is 0 Å². The highest BCUT2D eigenvalue weighted by molar-refractivity contribution is 5.75. The van der Waals surface area contributed by atoms with Crippen molar-refractivity contribution in [3.63, 3.8) is 0 Å². The fourth-order valence-corrected chi connectivity index (χ4v) is 1.03. The molecule has 0 aliphatic heterocycles. The van der Waals surface area contributed by atoms with Crippen molar-refractivity contribution in [3.8, 4) is 0 Å². The van der Waals surface area contributed by atoms with Gasteiger partial charge in [-0.3, -0.25) is 0 Å². The van der Waals surface area contributed by atoms with Crippen LogP contribution in [0.2, 0.25) is 0 Å². The third-order valence-electron chi connectivity index (χ3n) is 1.73. The van der Waals surface area contributed by atoms with Gasteiger partial charge in [-0.05, 0) is 17.2 Å². The highest BCUT2D eigenvalue weighted by Crippen LogP contribution is 2.36. The van der Waals surface area contributed by atoms with Gasteiger partial charge in [-0.25, -0.2) is 0 Å². The van der Waals surface area contributed by atoms with Crippen LogP contribution in [0.1, 0.15) is 11.1 Å². The van der Waals surface area contributed by atoms with Gasteiger partial charge in [-0.1, -0.05) is 6.07 Å². The topological polar surface area (TPSA) is 52.0 Å². The molecule has 0 amide bonds. The van der Waals surface area contributed by atoms with Gasteiger partial charge in [0, 0.05) is 6.42 Å². The van der Waals surface area contributed by atoms with Crippen molar-refractivity contribution < 1.29 is 0 Å². The van der Waals surface area contributed by atoms with Crippen molar-refractivity contribution in [1.82, 2.24) is 0 Å². The zero-order chi connectivity index (χ0) is 6.43. The number of nitrogens with two attached hydrogens (primary N) is 2. The predicted octanol–water partition coefficient (Wildman–Crippen LogP) is 0.755. The molecule has 0 radical (unpaired) electrons. The summed E-state index contributed by atoms with van der Waals surface area (Å²) in [6.45, 7) is 0. The third-order valence-corrected chi connectivity index (χ3v) is 1.73. The average Bonchev–Trinajstić information content (AvgIpc) is 2.58. The van der Waals surface area contributed by atoms with Crippen molar-refractivity contribution in [2.45, 2.75) is 6.42 Å². The van der Waals surface area contributed by atoms with Crippen LogP contribution in [-0.2, 0) is 6.42 Å². The first-order valence-corrected chi connectivity index (χ1v) is 2.95. The summed E-state index contributed by atoms with van der Waals surface area (Å²) in [5, 5.41) is 0. The van der Waals surface area contributed by atoms with E-state index in [0.717, 1.165) is 12.1 Å². The lowest BCUT2D eigenvalue weighted by atomic mass is 10.3. The molecule has 0 unspecified atom stereocenters. The number of hydrogen-bond acceptors (Lipinski definition) is 2. The molecular weight excluding hydrogens is 112 g/mol. The van der Waals surface area contributed by atoms with Crippen molar-refractivity contribution >= 4 is 11.4 Å². The van der Waals surface area contributed by atoms with E-state index in [2.05, 4.69) is 0 Å². The van der Waals surface area contributed by atoms with Crippen molar-refractivity contribution in [3.05, 3.63) is 23.3 Å². The molecule has 0 saturated carbocycles. The smallest absolute Gasteiger partial charge is 0.0586 e. The van der Waals surface area contributed by atoms with Crippen LogP contribution in [0.5, 0.6) is 0 Å². The van der Waals surface area contributed by atoms with Gasteiger partial charge in [0.25, 0.3) is 0 Å². The Balaban J connectivity index is 2.70. The van der Waals surface area contributed by atoms with Crippen LogP contribution in [0.3, 0.4) is 0 Å². The Labute approximate surface area is 53.5 Å². The van der Waals surface area contributed by atoms with E-state index in [4.69, 9.17) is 11.5 Å². The Morgan fingerprint density at radius 2 is 2.00 bits per heavy atom. The fraction of sp³-hybridized carbons (Fsp3) is 0.143. The lowest BCUT2D eigenvalue weighted by Crippen LogP contribution is -1.92. The number of rotatable bonds is 0. The Hall–Kier alpha value is -1.18. The zero-order valence-electron chi connectivity index (χ0n) is 5.02. The van der Waals surface area contributed by atoms with Crippen LogP contribution < -0.4 is 11.5 Å². The van der Waals surface area contributed by atoms with E-state index in [0.29, 0.717) is 5.69 Å². The van der Waals surface area contributed by atoms with Gasteiger partial charge in [-0.15, -0.1) is 0 Å². The minimum Gasteiger partial charge on any atom is -0.397 e. The molecule has 0 atom stereocenters. The summed E-state index contributed by atoms with van der Waals surface area (Å²) in [4.78, 5) is 0. The summed E-state index contributed by atoms with van der Waals surface area (Å²) in [7, 11) is 0. The van der Waals surface area contributed by atoms with Crippen molar-refractivity contribution in [2.75, 3.05) is 11.5 Å². The Kier molecular flexibility index (Phi) is 0.628. The molecule has 0 heterocycles. The molecule has 1 aromatic carbocycles. The van der Waals surface area contributed by atoms with Gasteiger partial charge in [-0.2, -0.15) is 0 Å². The molecule has 1 aliphatic carbocycles. The first-order valence-electron chi connectivity index (χ1n) is 2.95. The second kappa shape index (κ2) is 1.21. The fourth-order valence-electron chi connectivity index (χ4n) is 1.03. The molecule has 0 bridgehead atoms. The maximum absolute atomic E-state index is 5.61. The first-order chi connectivity index (χ1) is 4.29. The van der Waals surface area contributed by atoms with Crippen LogP contribution in [-0.4, -0.2) is 0 Å². The molecule has 0 spiro atoms. The molecule has 2 heteroatoms. The van der Waals surface area contributed by atoms with E-state index in [9.17, 15) is 0 Å². The maximum atomic E-state index is 5.61. The second-order valence-corrected chi connectivity index (χ2v) is 2.38. The van der Waals surface area contributed by atoms with Crippen LogP contribution >= 0.6 is 0 Å². The number of hydrogen-bond donors (Lipinski definition) is 2. The number of nitrogen functional groups attached to an aromatic ring is 2. The number of anilines is 2. The predicted molar refractivity (Wildman–Crippen MR) is 38.1 cm³/mol. The molecule has 1 aromatic rings. The third kappa shape index (κ3) is 0.499. The van der Waals surface area contributed by atoms with E-state index in [1.807, 2.05) is 12.1 Å². The lowest BCUT2D eigenvalue weighted by Gasteiger charge is -1.94. The molecule has 46 valence electrons. The van der Waals surface area contributed by atoms with Gasteiger partial charge in [0.2, 0.25) is 0 Å². The molecule has 4 N–H and O–H groups in total. The molecule has 0 fully saturated rings. The van der Waals surface area contributed by atoms with Crippen molar-refractivity contribution in [1.29, 1.82) is 0 Å². The van der Waals surface area contributed by atoms with Crippen LogP contribution in [0.15, 0.2) is 12.1 Å². The molecule has 1 aliphatic rings. The molecule has 0 saturated heterocycles. The molecule has 2 nitrogen and oxygen atoms in total. The summed E-state index contributed by atoms with van der Waals surface area (Å²) in [6, 6.07) is 3.89. The van der Waals surface area contributed by atoms with Gasteiger partial charge >= 0.3 is 0 Å². The van der Waals surface area contributed by atoms with Gasteiger partial charge < -0.3 is 11.5 Å². The van der Waals surface area contributed by atoms with E-state index < -0.39 is 0 Å². The first kappa shape index (κ1) is 4.68. The van der Waals surface area contributed by atoms with Crippen LogP contribution in [0.25, 0.3) is 0 Å². The van der Waals surface area contributed by atoms with Crippen LogP contribution in [0.4, 0.5) is 11.4 Å². The minimum atomic E-state index is 0.714. The average molecular weight is 120 g/mol. The summed E-state index contributed by atoms with van der Waals surface area (Å²) in [5.41, 5.74) is 15.2. The summed E-state index contributed by atoms with van der Waals surface area (Å²) in [6.07, 6.45) is 1.04. The van der Waals surface area contributed by atoms with E-state index >= 15 is 0 Å². The molecule has 0 aromatic heterocycles. The van der Waals surface area contributed by atoms with Crippen LogP contribution in [0, 0.1) is 0 Å². The Bertz CT molecular complexity index is 262. The lowest BCUT2D eigenvalue weighted by molar-refractivity contribution is 1.60. The monoisotopic (exact) mass is 120 g/mol. The standard InChI is InChI=1S/C7H8N2/c8-6-2-1-4-3-5(4)7(6)9/h1-2H,3,8-9H2. The summed E-state index contributed by atoms with van der Waals surface area (Å²) in [5.74, 6) is 0. The number of fused-ring (bicyclic) bond motifs is 1. The highest BCUT2D eigenvalue weighted by Gasteiger charge is 2.20. The normalized spacial score (nSPS) is 12.9. The highest BCUT2D eigenvalue weighted by atomic mass is 14.7. The maximum Gasteiger partial charge on any atom is 0.0586 e. The molecule has 2 rings (SSSR count). The van der Waals surface area contributed by atoms with E-state index in [1.54, 1.807) is 0 Å². The Morgan fingerprint density at radius 1 is 1.22 bits per heavy atom.